The quantitative estimate of drug-likeness (QED) is 0.162. The van der Waals surface area contributed by atoms with E-state index in [1.807, 2.05) is 48.8 Å². The van der Waals surface area contributed by atoms with E-state index in [1.54, 1.807) is 6.20 Å². The van der Waals surface area contributed by atoms with E-state index in [4.69, 9.17) is 4.42 Å². The topological polar surface area (TPSA) is 51.8 Å². The smallest absolute Gasteiger partial charge is 0.147 e. The maximum Gasteiger partial charge on any atom is 0.147 e. The van der Waals surface area contributed by atoms with Gasteiger partial charge < -0.3 is 14.4 Å². The average molecular weight is 858 g/mol. The molecule has 0 saturated heterocycles. The number of hydrogen-bond acceptors (Lipinski definition) is 4. The number of rotatable bonds is 5. The third kappa shape index (κ3) is 8.56. The molecule has 263 valence electrons. The van der Waals surface area contributed by atoms with Crippen molar-refractivity contribution in [2.75, 3.05) is 0 Å². The van der Waals surface area contributed by atoms with Crippen LogP contribution in [0.5, 0.6) is 0 Å². The fraction of sp³-hybridized carbons (Fsp3) is 0.213. The Morgan fingerprint density at radius 1 is 0.558 bits per heavy atom. The Kier molecular flexibility index (Phi) is 10.9. The molecule has 0 aliphatic heterocycles. The van der Waals surface area contributed by atoms with Gasteiger partial charge in [-0.05, 0) is 69.9 Å². The Hall–Kier alpha value is -4.96. The van der Waals surface area contributed by atoms with Gasteiger partial charge in [-0.25, -0.2) is 0 Å². The van der Waals surface area contributed by atoms with Crippen LogP contribution in [0.4, 0.5) is 0 Å². The van der Waals surface area contributed by atoms with E-state index >= 15 is 0 Å². The van der Waals surface area contributed by atoms with E-state index in [-0.39, 0.29) is 25.5 Å². The first-order chi connectivity index (χ1) is 24.5. The molecular weight excluding hydrogens is 815 g/mol. The zero-order valence-electron chi connectivity index (χ0n) is 30.6. The Morgan fingerprint density at radius 2 is 1.29 bits per heavy atom. The van der Waals surface area contributed by atoms with E-state index in [9.17, 15) is 0 Å². The third-order valence-corrected chi connectivity index (χ3v) is 8.75. The van der Waals surface area contributed by atoms with Gasteiger partial charge in [-0.2, -0.15) is 0 Å². The van der Waals surface area contributed by atoms with Crippen molar-refractivity contribution < 1.29 is 24.5 Å². The van der Waals surface area contributed by atoms with Crippen LogP contribution >= 0.6 is 0 Å². The number of hydrogen-bond donors (Lipinski definition) is 0. The van der Waals surface area contributed by atoms with Gasteiger partial charge in [0.05, 0.1) is 5.58 Å². The monoisotopic (exact) mass is 858 g/mol. The van der Waals surface area contributed by atoms with Crippen molar-refractivity contribution >= 4 is 32.8 Å². The number of benzene rings is 4. The zero-order chi connectivity index (χ0) is 35.6. The van der Waals surface area contributed by atoms with E-state index in [1.165, 1.54) is 22.3 Å². The predicted octanol–water partition coefficient (Wildman–Crippen LogP) is 12.4. The fourth-order valence-electron chi connectivity index (χ4n) is 6.60. The molecule has 0 bridgehead atoms. The molecule has 8 aromatic rings. The van der Waals surface area contributed by atoms with Crippen LogP contribution in [0, 0.1) is 23.0 Å². The molecule has 0 aliphatic rings. The van der Waals surface area contributed by atoms with Crippen molar-refractivity contribution in [3.05, 3.63) is 151 Å². The van der Waals surface area contributed by atoms with Crippen molar-refractivity contribution in [3.8, 4) is 33.6 Å². The number of pyridine rings is 3. The number of aromatic nitrogens is 3. The SMILES string of the molecule is CC(C)(C)Cc1ccc(-c2ccnc(-c3[c-]cccc3)c2)cc1.CC(C)(C)Cc1ccnc(-c2[c-]ccc3c2oc2c3ccc3cccnc32)c1.[Ir]. The maximum absolute atomic E-state index is 6.36. The van der Waals surface area contributed by atoms with Crippen molar-refractivity contribution in [2.24, 2.45) is 10.8 Å². The van der Waals surface area contributed by atoms with Crippen LogP contribution in [-0.2, 0) is 32.9 Å². The second kappa shape index (κ2) is 15.3. The Balaban J connectivity index is 0.000000179. The average Bonchev–Trinajstić information content (AvgIpc) is 3.51. The molecule has 0 fully saturated rings. The maximum atomic E-state index is 6.36. The minimum Gasteiger partial charge on any atom is -0.498 e. The second-order valence-corrected chi connectivity index (χ2v) is 15.6. The van der Waals surface area contributed by atoms with Gasteiger partial charge >= 0.3 is 0 Å². The largest absolute Gasteiger partial charge is 0.498 e. The molecule has 0 aliphatic carbocycles. The third-order valence-electron chi connectivity index (χ3n) is 8.75. The Bertz CT molecular complexity index is 2440. The van der Waals surface area contributed by atoms with Crippen LogP contribution in [0.1, 0.15) is 52.7 Å². The van der Waals surface area contributed by atoms with Crippen molar-refractivity contribution in [2.45, 2.75) is 54.4 Å². The number of nitrogens with zero attached hydrogens (tertiary/aromatic N) is 3. The minimum absolute atomic E-state index is 0. The first-order valence-electron chi connectivity index (χ1n) is 17.6. The molecule has 4 heterocycles. The normalized spacial score (nSPS) is 11.7. The molecule has 52 heavy (non-hydrogen) atoms. The van der Waals surface area contributed by atoms with Gasteiger partial charge in [0, 0.05) is 49.5 Å². The molecule has 8 rings (SSSR count). The molecule has 1 radical (unpaired) electrons. The van der Waals surface area contributed by atoms with Gasteiger partial charge in [0.2, 0.25) is 0 Å². The summed E-state index contributed by atoms with van der Waals surface area (Å²) >= 11 is 0. The summed E-state index contributed by atoms with van der Waals surface area (Å²) in [5.41, 5.74) is 11.9. The van der Waals surface area contributed by atoms with Gasteiger partial charge in [-0.3, -0.25) is 4.98 Å². The molecule has 4 aromatic heterocycles. The molecule has 0 amide bonds. The molecule has 4 nitrogen and oxygen atoms in total. The molecule has 4 aromatic carbocycles. The molecule has 0 unspecified atom stereocenters. The van der Waals surface area contributed by atoms with E-state index < -0.39 is 0 Å². The summed E-state index contributed by atoms with van der Waals surface area (Å²) in [5, 5.41) is 3.21. The van der Waals surface area contributed by atoms with Crippen LogP contribution in [0.2, 0.25) is 0 Å². The minimum atomic E-state index is 0. The summed E-state index contributed by atoms with van der Waals surface area (Å²) in [6, 6.07) is 44.0. The molecule has 0 atom stereocenters. The molecule has 0 N–H and O–H groups in total. The fourth-order valence-corrected chi connectivity index (χ4v) is 6.60. The van der Waals surface area contributed by atoms with Crippen LogP contribution < -0.4 is 0 Å². The number of furan rings is 1. The van der Waals surface area contributed by atoms with Crippen LogP contribution in [0.15, 0.2) is 132 Å². The molecular formula is C47H43IrN3O-2. The predicted molar refractivity (Wildman–Crippen MR) is 211 cm³/mol. The molecule has 5 heteroatoms. The van der Waals surface area contributed by atoms with Crippen LogP contribution in [0.3, 0.4) is 0 Å². The van der Waals surface area contributed by atoms with Gasteiger partial charge in [0.1, 0.15) is 11.1 Å². The molecule has 0 spiro atoms. The van der Waals surface area contributed by atoms with Gasteiger partial charge in [-0.1, -0.05) is 113 Å². The summed E-state index contributed by atoms with van der Waals surface area (Å²) in [4.78, 5) is 13.6. The van der Waals surface area contributed by atoms with E-state index in [2.05, 4.69) is 141 Å². The summed E-state index contributed by atoms with van der Waals surface area (Å²) < 4.78 is 6.36. The summed E-state index contributed by atoms with van der Waals surface area (Å²) in [6.45, 7) is 13.6. The second-order valence-electron chi connectivity index (χ2n) is 15.6. The van der Waals surface area contributed by atoms with Gasteiger partial charge in [0.15, 0.2) is 0 Å². The Morgan fingerprint density at radius 3 is 2.04 bits per heavy atom. The number of fused-ring (bicyclic) bond motifs is 5. The summed E-state index contributed by atoms with van der Waals surface area (Å²) in [7, 11) is 0. The van der Waals surface area contributed by atoms with Gasteiger partial charge in [0.25, 0.3) is 0 Å². The van der Waals surface area contributed by atoms with Crippen molar-refractivity contribution in [3.63, 3.8) is 0 Å². The van der Waals surface area contributed by atoms with Crippen LogP contribution in [0.25, 0.3) is 66.5 Å². The van der Waals surface area contributed by atoms with E-state index in [0.717, 1.165) is 68.2 Å². The first-order valence-corrected chi connectivity index (χ1v) is 17.6. The summed E-state index contributed by atoms with van der Waals surface area (Å²) in [6.07, 6.45) is 7.64. The first kappa shape index (κ1) is 36.8. The standard InChI is InChI=1S/C25H21N2O.C22H22N.Ir/c1-25(2,3)15-16-11-13-26-21(14-16)20-8-4-7-18-19-10-9-17-6-5-12-27-22(17)24(19)28-23(18)20;1-22(2,3)16-17-9-11-18(12-10-17)20-13-14-23-21(15-20)19-7-5-4-6-8-19;/h4-7,9-14H,15H2,1-3H3;4-7,9-15H,16H2,1-3H3;/q2*-1;. The van der Waals surface area contributed by atoms with Gasteiger partial charge in [-0.15, -0.1) is 54.1 Å². The zero-order valence-corrected chi connectivity index (χ0v) is 33.0. The summed E-state index contributed by atoms with van der Waals surface area (Å²) in [5.74, 6) is 0. The van der Waals surface area contributed by atoms with Crippen LogP contribution in [-0.4, -0.2) is 15.0 Å². The van der Waals surface area contributed by atoms with E-state index in [0.29, 0.717) is 5.41 Å². The van der Waals surface area contributed by atoms with Crippen molar-refractivity contribution in [1.82, 2.24) is 15.0 Å². The Labute approximate surface area is 320 Å². The van der Waals surface area contributed by atoms with Crippen molar-refractivity contribution in [1.29, 1.82) is 0 Å². The molecule has 0 saturated carbocycles.